The molecule has 3 saturated heterocycles. The Morgan fingerprint density at radius 2 is 1.88 bits per heavy atom. The van der Waals surface area contributed by atoms with Gasteiger partial charge in [-0.1, -0.05) is 0 Å². The van der Waals surface area contributed by atoms with Crippen LogP contribution in [0.5, 0.6) is 0 Å². The first-order valence-corrected chi connectivity index (χ1v) is 7.38. The predicted octanol–water partition coefficient (Wildman–Crippen LogP) is 1.77. The molecule has 0 aromatic heterocycles. The first-order valence-electron chi connectivity index (χ1n) is 7.38. The molecule has 1 N–H and O–H groups in total. The second kappa shape index (κ2) is 4.87. The summed E-state index contributed by atoms with van der Waals surface area (Å²) in [6.45, 7) is 7.13. The van der Waals surface area contributed by atoms with E-state index in [-0.39, 0.29) is 0 Å². The van der Waals surface area contributed by atoms with Gasteiger partial charge in [0, 0.05) is 18.1 Å². The van der Waals surface area contributed by atoms with Crippen LogP contribution in [0.15, 0.2) is 0 Å². The lowest BCUT2D eigenvalue weighted by molar-refractivity contribution is 0.0921. The number of hydrogen-bond acceptors (Lipinski definition) is 3. The molecule has 17 heavy (non-hydrogen) atoms. The molecule has 3 aliphatic heterocycles. The number of nitrogens with zero attached hydrogens (tertiary/aromatic N) is 1. The van der Waals surface area contributed by atoms with E-state index in [1.807, 2.05) is 0 Å². The molecular formula is C14H26N2O. The summed E-state index contributed by atoms with van der Waals surface area (Å²) in [4.78, 5) is 2.59. The van der Waals surface area contributed by atoms with Crippen LogP contribution >= 0.6 is 0 Å². The SMILES string of the molecule is CC(C)N1CCC(NC2CC3CCC2O3)CC1. The topological polar surface area (TPSA) is 24.5 Å². The van der Waals surface area contributed by atoms with Gasteiger partial charge in [0.15, 0.2) is 0 Å². The van der Waals surface area contributed by atoms with Gasteiger partial charge >= 0.3 is 0 Å². The average molecular weight is 238 g/mol. The van der Waals surface area contributed by atoms with Gasteiger partial charge in [-0.15, -0.1) is 0 Å². The van der Waals surface area contributed by atoms with Crippen LogP contribution in [0.1, 0.15) is 46.0 Å². The number of fused-ring (bicyclic) bond motifs is 2. The van der Waals surface area contributed by atoms with Crippen molar-refractivity contribution < 1.29 is 4.74 Å². The molecule has 3 atom stereocenters. The molecule has 2 bridgehead atoms. The average Bonchev–Trinajstić information content (AvgIpc) is 2.91. The van der Waals surface area contributed by atoms with Crippen molar-refractivity contribution in [3.8, 4) is 0 Å². The first kappa shape index (κ1) is 11.9. The molecule has 0 aromatic rings. The highest BCUT2D eigenvalue weighted by molar-refractivity contribution is 4.96. The Morgan fingerprint density at radius 3 is 2.41 bits per heavy atom. The fraction of sp³-hybridized carbons (Fsp3) is 1.00. The molecule has 0 spiro atoms. The molecule has 3 nitrogen and oxygen atoms in total. The molecule has 0 saturated carbocycles. The van der Waals surface area contributed by atoms with Crippen LogP contribution in [0.25, 0.3) is 0 Å². The monoisotopic (exact) mass is 238 g/mol. The summed E-state index contributed by atoms with van der Waals surface area (Å²) >= 11 is 0. The number of hydrogen-bond donors (Lipinski definition) is 1. The van der Waals surface area contributed by atoms with E-state index in [1.165, 1.54) is 45.2 Å². The number of rotatable bonds is 3. The highest BCUT2D eigenvalue weighted by Crippen LogP contribution is 2.34. The van der Waals surface area contributed by atoms with Crippen LogP contribution in [0.3, 0.4) is 0 Å². The van der Waals surface area contributed by atoms with Gasteiger partial charge in [-0.25, -0.2) is 0 Å². The Kier molecular flexibility index (Phi) is 3.42. The van der Waals surface area contributed by atoms with Crippen molar-refractivity contribution in [1.82, 2.24) is 10.2 Å². The minimum Gasteiger partial charge on any atom is -0.373 e. The molecule has 3 rings (SSSR count). The molecule has 3 heteroatoms. The van der Waals surface area contributed by atoms with Gasteiger partial charge in [-0.2, -0.15) is 0 Å². The van der Waals surface area contributed by atoms with E-state index < -0.39 is 0 Å². The van der Waals surface area contributed by atoms with E-state index in [2.05, 4.69) is 24.1 Å². The van der Waals surface area contributed by atoms with Crippen molar-refractivity contribution in [3.63, 3.8) is 0 Å². The molecule has 0 aromatic carbocycles. The van der Waals surface area contributed by atoms with E-state index in [4.69, 9.17) is 4.74 Å². The molecule has 0 amide bonds. The number of piperidine rings is 1. The lowest BCUT2D eigenvalue weighted by Crippen LogP contribution is -2.50. The molecule has 3 heterocycles. The van der Waals surface area contributed by atoms with Gasteiger partial charge in [0.05, 0.1) is 12.2 Å². The third-order valence-corrected chi connectivity index (χ3v) is 4.82. The fourth-order valence-corrected chi connectivity index (χ4v) is 3.70. The Hall–Kier alpha value is -0.120. The number of likely N-dealkylation sites (tertiary alicyclic amines) is 1. The molecule has 0 aliphatic carbocycles. The highest BCUT2D eigenvalue weighted by Gasteiger charge is 2.41. The summed E-state index contributed by atoms with van der Waals surface area (Å²) in [5.41, 5.74) is 0. The van der Waals surface area contributed by atoms with Crippen molar-refractivity contribution in [2.75, 3.05) is 13.1 Å². The predicted molar refractivity (Wildman–Crippen MR) is 69.2 cm³/mol. The summed E-state index contributed by atoms with van der Waals surface area (Å²) < 4.78 is 5.91. The number of ether oxygens (including phenoxy) is 1. The van der Waals surface area contributed by atoms with Gasteiger partial charge in [0.1, 0.15) is 0 Å². The summed E-state index contributed by atoms with van der Waals surface area (Å²) in [6, 6.07) is 2.10. The van der Waals surface area contributed by atoms with E-state index in [1.54, 1.807) is 0 Å². The van der Waals surface area contributed by atoms with E-state index >= 15 is 0 Å². The van der Waals surface area contributed by atoms with Crippen LogP contribution in [0.2, 0.25) is 0 Å². The Morgan fingerprint density at radius 1 is 1.12 bits per heavy atom. The normalized spacial score (nSPS) is 39.4. The van der Waals surface area contributed by atoms with Crippen molar-refractivity contribution in [2.24, 2.45) is 0 Å². The largest absolute Gasteiger partial charge is 0.373 e. The zero-order valence-corrected chi connectivity index (χ0v) is 11.2. The summed E-state index contributed by atoms with van der Waals surface area (Å²) in [6.07, 6.45) is 7.58. The first-order chi connectivity index (χ1) is 8.22. The Bertz CT molecular complexity index is 261. The van der Waals surface area contributed by atoms with Gasteiger partial charge in [0.2, 0.25) is 0 Å². The lowest BCUT2D eigenvalue weighted by atomic mass is 9.93. The van der Waals surface area contributed by atoms with Crippen molar-refractivity contribution in [1.29, 1.82) is 0 Å². The van der Waals surface area contributed by atoms with Crippen LogP contribution < -0.4 is 5.32 Å². The Labute approximate surface area is 105 Å². The zero-order valence-electron chi connectivity index (χ0n) is 11.2. The number of nitrogens with one attached hydrogen (secondary N) is 1. The van der Waals surface area contributed by atoms with Crippen molar-refractivity contribution in [2.45, 2.75) is 76.3 Å². The molecule has 3 aliphatic rings. The second-order valence-electron chi connectivity index (χ2n) is 6.29. The van der Waals surface area contributed by atoms with Crippen LogP contribution in [0, 0.1) is 0 Å². The maximum atomic E-state index is 5.91. The lowest BCUT2D eigenvalue weighted by Gasteiger charge is -2.36. The van der Waals surface area contributed by atoms with E-state index in [0.29, 0.717) is 24.3 Å². The van der Waals surface area contributed by atoms with Gasteiger partial charge in [0.25, 0.3) is 0 Å². The third-order valence-electron chi connectivity index (χ3n) is 4.82. The summed E-state index contributed by atoms with van der Waals surface area (Å²) in [5, 5.41) is 3.86. The molecule has 98 valence electrons. The smallest absolute Gasteiger partial charge is 0.0733 e. The van der Waals surface area contributed by atoms with E-state index in [0.717, 1.165) is 6.04 Å². The summed E-state index contributed by atoms with van der Waals surface area (Å²) in [7, 11) is 0. The molecule has 0 radical (unpaired) electrons. The summed E-state index contributed by atoms with van der Waals surface area (Å²) in [5.74, 6) is 0. The Balaban J connectivity index is 1.45. The van der Waals surface area contributed by atoms with Crippen LogP contribution in [-0.4, -0.2) is 48.3 Å². The van der Waals surface area contributed by atoms with Crippen LogP contribution in [-0.2, 0) is 4.74 Å². The minimum absolute atomic E-state index is 0.531. The zero-order chi connectivity index (χ0) is 11.8. The van der Waals surface area contributed by atoms with Crippen LogP contribution in [0.4, 0.5) is 0 Å². The van der Waals surface area contributed by atoms with E-state index in [9.17, 15) is 0 Å². The molecule has 3 fully saturated rings. The van der Waals surface area contributed by atoms with Gasteiger partial charge in [-0.05, 0) is 59.0 Å². The maximum Gasteiger partial charge on any atom is 0.0733 e. The van der Waals surface area contributed by atoms with Gasteiger partial charge in [-0.3, -0.25) is 0 Å². The minimum atomic E-state index is 0.531. The van der Waals surface area contributed by atoms with Crippen molar-refractivity contribution in [3.05, 3.63) is 0 Å². The molecular weight excluding hydrogens is 212 g/mol. The highest BCUT2D eigenvalue weighted by atomic mass is 16.5. The third kappa shape index (κ3) is 2.51. The fourth-order valence-electron chi connectivity index (χ4n) is 3.70. The van der Waals surface area contributed by atoms with Crippen molar-refractivity contribution >= 4 is 0 Å². The van der Waals surface area contributed by atoms with Gasteiger partial charge < -0.3 is 15.0 Å². The maximum absolute atomic E-state index is 5.91. The standard InChI is InChI=1S/C14H26N2O/c1-10(2)16-7-5-11(6-8-16)15-13-9-12-3-4-14(13)17-12/h10-15H,3-9H2,1-2H3. The second-order valence-corrected chi connectivity index (χ2v) is 6.29. The molecule has 3 unspecified atom stereocenters. The quantitative estimate of drug-likeness (QED) is 0.811.